The van der Waals surface area contributed by atoms with Gasteiger partial charge in [-0.25, -0.2) is 4.79 Å². The van der Waals surface area contributed by atoms with Crippen LogP contribution in [-0.2, 0) is 6.42 Å². The Bertz CT molecular complexity index is 802. The number of carboxylic acid groups (broad SMARTS) is 1. The number of unbranched alkanes of at least 4 members (excludes halogenated alkanes) is 7. The molecule has 0 atom stereocenters. The van der Waals surface area contributed by atoms with Gasteiger partial charge in [-0.15, -0.1) is 0 Å². The Balaban J connectivity index is 2.19. The second kappa shape index (κ2) is 9.92. The monoisotopic (exact) mass is 368 g/mol. The molecule has 0 aliphatic carbocycles. The molecule has 2 aromatic carbocycles. The van der Waals surface area contributed by atoms with Crippen LogP contribution >= 0.6 is 0 Å². The first kappa shape index (κ1) is 21.5. The summed E-state index contributed by atoms with van der Waals surface area (Å²) < 4.78 is 0. The van der Waals surface area contributed by atoms with E-state index in [-0.39, 0.29) is 0 Å². The van der Waals surface area contributed by atoms with Gasteiger partial charge in [0.05, 0.1) is 5.56 Å². The quantitative estimate of drug-likeness (QED) is 0.442. The molecular weight excluding hydrogens is 332 g/mol. The zero-order valence-corrected chi connectivity index (χ0v) is 17.9. The van der Waals surface area contributed by atoms with Crippen LogP contribution in [-0.4, -0.2) is 11.1 Å². The van der Waals surface area contributed by atoms with Crippen LogP contribution in [0.1, 0.15) is 96.5 Å². The second-order valence-electron chi connectivity index (χ2n) is 8.04. The first-order chi connectivity index (χ1) is 12.9. The second-order valence-corrected chi connectivity index (χ2v) is 8.04. The number of hydrogen-bond acceptors (Lipinski definition) is 1. The zero-order chi connectivity index (χ0) is 20.0. The predicted molar refractivity (Wildman–Crippen MR) is 116 cm³/mol. The average molecular weight is 369 g/mol. The highest BCUT2D eigenvalue weighted by Gasteiger charge is 2.17. The molecule has 0 radical (unpaired) electrons. The summed E-state index contributed by atoms with van der Waals surface area (Å²) in [5.74, 6) is -0.836. The van der Waals surface area contributed by atoms with Gasteiger partial charge < -0.3 is 5.11 Å². The van der Waals surface area contributed by atoms with E-state index in [1.807, 2.05) is 13.0 Å². The van der Waals surface area contributed by atoms with Crippen LogP contribution in [0.15, 0.2) is 12.1 Å². The number of carbonyl (C=O) groups is 1. The molecule has 148 valence electrons. The van der Waals surface area contributed by atoms with E-state index in [2.05, 4.69) is 27.7 Å². The Hall–Kier alpha value is -1.83. The van der Waals surface area contributed by atoms with Crippen LogP contribution < -0.4 is 0 Å². The summed E-state index contributed by atoms with van der Waals surface area (Å²) in [6.07, 6.45) is 11.7. The van der Waals surface area contributed by atoms with Gasteiger partial charge in [0.2, 0.25) is 0 Å². The van der Waals surface area contributed by atoms with Crippen molar-refractivity contribution in [3.05, 3.63) is 45.5 Å². The van der Waals surface area contributed by atoms with Crippen molar-refractivity contribution in [1.82, 2.24) is 0 Å². The van der Waals surface area contributed by atoms with E-state index in [0.29, 0.717) is 5.56 Å². The molecule has 0 amide bonds. The molecule has 0 unspecified atom stereocenters. The lowest BCUT2D eigenvalue weighted by Gasteiger charge is -2.19. The van der Waals surface area contributed by atoms with E-state index in [1.165, 1.54) is 79.0 Å². The molecule has 0 heterocycles. The molecule has 0 fully saturated rings. The molecule has 2 rings (SSSR count). The summed E-state index contributed by atoms with van der Waals surface area (Å²) >= 11 is 0. The van der Waals surface area contributed by atoms with Crippen molar-refractivity contribution in [3.63, 3.8) is 0 Å². The minimum atomic E-state index is -0.836. The molecule has 0 saturated heterocycles. The summed E-state index contributed by atoms with van der Waals surface area (Å²) in [6.45, 7) is 10.7. The van der Waals surface area contributed by atoms with Crippen molar-refractivity contribution in [2.75, 3.05) is 0 Å². The first-order valence-corrected chi connectivity index (χ1v) is 10.6. The summed E-state index contributed by atoms with van der Waals surface area (Å²) in [4.78, 5) is 11.6. The summed E-state index contributed by atoms with van der Waals surface area (Å²) in [6, 6.07) is 3.82. The fourth-order valence-corrected chi connectivity index (χ4v) is 4.33. The highest BCUT2D eigenvalue weighted by atomic mass is 16.4. The van der Waals surface area contributed by atoms with Gasteiger partial charge in [0, 0.05) is 0 Å². The van der Waals surface area contributed by atoms with Crippen LogP contribution in [0.4, 0.5) is 0 Å². The Morgan fingerprint density at radius 3 is 1.96 bits per heavy atom. The summed E-state index contributed by atoms with van der Waals surface area (Å²) in [5.41, 5.74) is 6.65. The van der Waals surface area contributed by atoms with E-state index < -0.39 is 5.97 Å². The van der Waals surface area contributed by atoms with Gasteiger partial charge in [-0.3, -0.25) is 0 Å². The number of carboxylic acids is 1. The van der Waals surface area contributed by atoms with E-state index >= 15 is 0 Å². The van der Waals surface area contributed by atoms with Crippen LogP contribution in [0.25, 0.3) is 10.8 Å². The molecule has 0 saturated carbocycles. The maximum absolute atomic E-state index is 11.6. The van der Waals surface area contributed by atoms with Crippen molar-refractivity contribution < 1.29 is 9.90 Å². The molecule has 0 spiro atoms. The molecule has 1 N–H and O–H groups in total. The van der Waals surface area contributed by atoms with Gasteiger partial charge in [-0.2, -0.15) is 0 Å². The minimum Gasteiger partial charge on any atom is -0.478 e. The molecule has 0 aliphatic heterocycles. The standard InChI is InChI=1S/C25H36O2/c1-6-7-8-9-10-11-12-13-14-21-18(3)17(2)19(4)24-20(5)22(25(26)27)15-16-23(21)24/h15-16H,6-14H2,1-5H3,(H,26,27). The maximum Gasteiger partial charge on any atom is 0.335 e. The van der Waals surface area contributed by atoms with Gasteiger partial charge in [0.25, 0.3) is 0 Å². The van der Waals surface area contributed by atoms with E-state index in [1.54, 1.807) is 6.07 Å². The SMILES string of the molecule is CCCCCCCCCCc1c(C)c(C)c(C)c2c(C)c(C(=O)O)ccc12. The third kappa shape index (κ3) is 4.91. The van der Waals surface area contributed by atoms with E-state index in [9.17, 15) is 9.90 Å². The van der Waals surface area contributed by atoms with Gasteiger partial charge in [-0.05, 0) is 85.2 Å². The number of fused-ring (bicyclic) bond motifs is 1. The largest absolute Gasteiger partial charge is 0.478 e. The highest BCUT2D eigenvalue weighted by molar-refractivity contribution is 6.01. The Morgan fingerprint density at radius 2 is 1.37 bits per heavy atom. The summed E-state index contributed by atoms with van der Waals surface area (Å²) in [7, 11) is 0. The van der Waals surface area contributed by atoms with Gasteiger partial charge in [-0.1, -0.05) is 57.9 Å². The van der Waals surface area contributed by atoms with E-state index in [4.69, 9.17) is 0 Å². The van der Waals surface area contributed by atoms with E-state index in [0.717, 1.165) is 17.4 Å². The third-order valence-electron chi connectivity index (χ3n) is 6.25. The molecule has 2 nitrogen and oxygen atoms in total. The van der Waals surface area contributed by atoms with Crippen LogP contribution in [0, 0.1) is 27.7 Å². The average Bonchev–Trinajstić information content (AvgIpc) is 2.64. The zero-order valence-electron chi connectivity index (χ0n) is 17.9. The lowest BCUT2D eigenvalue weighted by atomic mass is 9.85. The fraction of sp³-hybridized carbons (Fsp3) is 0.560. The van der Waals surface area contributed by atoms with Crippen LogP contribution in [0.3, 0.4) is 0 Å². The lowest BCUT2D eigenvalue weighted by Crippen LogP contribution is -2.04. The molecule has 0 aromatic heterocycles. The van der Waals surface area contributed by atoms with Gasteiger partial charge in [0.1, 0.15) is 0 Å². The lowest BCUT2D eigenvalue weighted by molar-refractivity contribution is 0.0696. The minimum absolute atomic E-state index is 0.423. The molecule has 27 heavy (non-hydrogen) atoms. The van der Waals surface area contributed by atoms with Crippen LogP contribution in [0.5, 0.6) is 0 Å². The number of rotatable bonds is 10. The smallest absolute Gasteiger partial charge is 0.335 e. The fourth-order valence-electron chi connectivity index (χ4n) is 4.33. The molecule has 0 bridgehead atoms. The van der Waals surface area contributed by atoms with Crippen molar-refractivity contribution >= 4 is 16.7 Å². The third-order valence-corrected chi connectivity index (χ3v) is 6.25. The molecular formula is C25H36O2. The van der Waals surface area contributed by atoms with Crippen molar-refractivity contribution in [2.45, 2.75) is 92.4 Å². The summed E-state index contributed by atoms with van der Waals surface area (Å²) in [5, 5.41) is 11.9. The number of hydrogen-bond donors (Lipinski definition) is 1. The molecule has 2 aromatic rings. The normalized spacial score (nSPS) is 11.3. The van der Waals surface area contributed by atoms with Crippen molar-refractivity contribution in [1.29, 1.82) is 0 Å². The number of aromatic carboxylic acids is 1. The maximum atomic E-state index is 11.6. The van der Waals surface area contributed by atoms with Crippen molar-refractivity contribution in [2.24, 2.45) is 0 Å². The predicted octanol–water partition coefficient (Wildman–Crippen LogP) is 7.45. The topological polar surface area (TPSA) is 37.3 Å². The Labute approximate surface area is 165 Å². The van der Waals surface area contributed by atoms with Crippen molar-refractivity contribution in [3.8, 4) is 0 Å². The van der Waals surface area contributed by atoms with Gasteiger partial charge >= 0.3 is 5.97 Å². The molecule has 2 heteroatoms. The molecule has 0 aliphatic rings. The first-order valence-electron chi connectivity index (χ1n) is 10.6. The Kier molecular flexibility index (Phi) is 7.89. The number of benzene rings is 2. The Morgan fingerprint density at radius 1 is 0.778 bits per heavy atom. The number of aryl methyl sites for hydroxylation is 3. The van der Waals surface area contributed by atoms with Gasteiger partial charge in [0.15, 0.2) is 0 Å². The highest BCUT2D eigenvalue weighted by Crippen LogP contribution is 2.34. The van der Waals surface area contributed by atoms with Crippen LogP contribution in [0.2, 0.25) is 0 Å².